The molecule has 1 aromatic rings. The monoisotopic (exact) mass is 310 g/mol. The summed E-state index contributed by atoms with van der Waals surface area (Å²) >= 11 is 0. The van der Waals surface area contributed by atoms with E-state index in [9.17, 15) is 14.0 Å². The molecule has 1 heterocycles. The second-order valence-corrected chi connectivity index (χ2v) is 5.37. The van der Waals surface area contributed by atoms with Gasteiger partial charge >= 0.3 is 11.9 Å². The molecule has 0 bridgehead atoms. The van der Waals surface area contributed by atoms with Gasteiger partial charge in [-0.15, -0.1) is 0 Å². The topological polar surface area (TPSA) is 61.8 Å². The van der Waals surface area contributed by atoms with E-state index in [1.165, 1.54) is 26.4 Å². The summed E-state index contributed by atoms with van der Waals surface area (Å²) in [6.07, 6.45) is 0.124. The molecule has 1 aliphatic heterocycles. The van der Waals surface area contributed by atoms with Crippen LogP contribution in [0.15, 0.2) is 18.2 Å². The van der Waals surface area contributed by atoms with Gasteiger partial charge in [-0.2, -0.15) is 0 Å². The molecule has 22 heavy (non-hydrogen) atoms. The number of benzene rings is 1. The third-order valence-corrected chi connectivity index (χ3v) is 4.06. The minimum absolute atomic E-state index is 0.124. The first-order valence-electron chi connectivity index (χ1n) is 7.04. The van der Waals surface area contributed by atoms with Gasteiger partial charge in [-0.1, -0.05) is 13.0 Å². The molecule has 3 atom stereocenters. The Morgan fingerprint density at radius 2 is 2.09 bits per heavy atom. The quantitative estimate of drug-likeness (QED) is 0.799. The van der Waals surface area contributed by atoms with Crippen LogP contribution in [0.2, 0.25) is 0 Å². The zero-order valence-corrected chi connectivity index (χ0v) is 12.8. The Hall–Kier alpha value is -2.11. The molecule has 0 spiro atoms. The smallest absolute Gasteiger partial charge is 0.309 e. The van der Waals surface area contributed by atoms with Gasteiger partial charge in [0, 0.05) is 17.9 Å². The summed E-state index contributed by atoms with van der Waals surface area (Å²) in [6.45, 7) is 1.96. The predicted molar refractivity (Wildman–Crippen MR) is 75.9 cm³/mol. The van der Waals surface area contributed by atoms with E-state index >= 15 is 0 Å². The number of halogens is 1. The number of hydrogen-bond donors (Lipinski definition) is 0. The average Bonchev–Trinajstić information content (AvgIpc) is 2.53. The molecule has 1 aromatic carbocycles. The zero-order valence-electron chi connectivity index (χ0n) is 12.8. The fourth-order valence-corrected chi connectivity index (χ4v) is 2.96. The number of rotatable bonds is 4. The summed E-state index contributed by atoms with van der Waals surface area (Å²) in [4.78, 5) is 23.5. The number of carbonyl (C=O) groups excluding carboxylic acids is 2. The van der Waals surface area contributed by atoms with E-state index in [-0.39, 0.29) is 36.8 Å². The van der Waals surface area contributed by atoms with Crippen molar-refractivity contribution in [3.8, 4) is 5.75 Å². The molecule has 0 saturated carbocycles. The van der Waals surface area contributed by atoms with Gasteiger partial charge in [0.25, 0.3) is 0 Å². The van der Waals surface area contributed by atoms with E-state index in [4.69, 9.17) is 14.2 Å². The highest BCUT2D eigenvalue weighted by Crippen LogP contribution is 2.43. The van der Waals surface area contributed by atoms with Crippen molar-refractivity contribution in [3.63, 3.8) is 0 Å². The number of ether oxygens (including phenoxy) is 3. The van der Waals surface area contributed by atoms with Crippen LogP contribution in [0, 0.1) is 17.7 Å². The fourth-order valence-electron chi connectivity index (χ4n) is 2.96. The summed E-state index contributed by atoms with van der Waals surface area (Å²) in [6, 6.07) is 4.21. The lowest BCUT2D eigenvalue weighted by molar-refractivity contribution is -0.148. The lowest BCUT2D eigenvalue weighted by Gasteiger charge is -2.35. The van der Waals surface area contributed by atoms with Gasteiger partial charge < -0.3 is 14.2 Å². The van der Waals surface area contributed by atoms with Crippen LogP contribution in [0.5, 0.6) is 5.75 Å². The Morgan fingerprint density at radius 1 is 1.36 bits per heavy atom. The lowest BCUT2D eigenvalue weighted by Crippen LogP contribution is -2.35. The van der Waals surface area contributed by atoms with Gasteiger partial charge in [-0.3, -0.25) is 9.59 Å². The van der Waals surface area contributed by atoms with Crippen molar-refractivity contribution in [1.82, 2.24) is 0 Å². The van der Waals surface area contributed by atoms with Crippen LogP contribution in [-0.2, 0) is 19.1 Å². The zero-order chi connectivity index (χ0) is 16.3. The predicted octanol–water partition coefficient (Wildman–Crippen LogP) is 2.29. The number of esters is 2. The number of carbonyl (C=O) groups is 2. The number of fused-ring (bicyclic) bond motifs is 1. The van der Waals surface area contributed by atoms with E-state index in [1.807, 2.05) is 0 Å². The normalized spacial score (nSPS) is 21.3. The minimum Gasteiger partial charge on any atom is -0.493 e. The summed E-state index contributed by atoms with van der Waals surface area (Å²) < 4.78 is 28.4. The molecule has 2 rings (SSSR count). The van der Waals surface area contributed by atoms with Crippen molar-refractivity contribution in [2.24, 2.45) is 11.8 Å². The Labute approximate surface area is 128 Å². The molecule has 6 heteroatoms. The molecule has 0 amide bonds. The van der Waals surface area contributed by atoms with E-state index in [2.05, 4.69) is 0 Å². The molecule has 5 nitrogen and oxygen atoms in total. The summed E-state index contributed by atoms with van der Waals surface area (Å²) in [5, 5.41) is 0. The van der Waals surface area contributed by atoms with Crippen LogP contribution >= 0.6 is 0 Å². The van der Waals surface area contributed by atoms with Crippen LogP contribution < -0.4 is 4.74 Å². The summed E-state index contributed by atoms with van der Waals surface area (Å²) in [5.41, 5.74) is 0.708. The van der Waals surface area contributed by atoms with Crippen LogP contribution in [-0.4, -0.2) is 32.8 Å². The van der Waals surface area contributed by atoms with Gasteiger partial charge in [0.15, 0.2) is 0 Å². The first-order valence-corrected chi connectivity index (χ1v) is 7.04. The van der Waals surface area contributed by atoms with Crippen molar-refractivity contribution in [2.45, 2.75) is 19.3 Å². The highest BCUT2D eigenvalue weighted by Gasteiger charge is 2.39. The van der Waals surface area contributed by atoms with Crippen LogP contribution in [0.4, 0.5) is 4.39 Å². The molecule has 120 valence electrons. The SMILES string of the molecule is COC(=O)CC1COc2cc(F)ccc2C1C(C)C(=O)OC. The van der Waals surface area contributed by atoms with Gasteiger partial charge in [-0.25, -0.2) is 4.39 Å². The molecule has 0 fully saturated rings. The molecule has 0 radical (unpaired) electrons. The third-order valence-electron chi connectivity index (χ3n) is 4.06. The molecule has 3 unspecified atom stereocenters. The second kappa shape index (κ2) is 6.77. The second-order valence-electron chi connectivity index (χ2n) is 5.37. The van der Waals surface area contributed by atoms with Crippen molar-refractivity contribution in [1.29, 1.82) is 0 Å². The Morgan fingerprint density at radius 3 is 2.73 bits per heavy atom. The Kier molecular flexibility index (Phi) is 5.00. The molecule has 0 aliphatic carbocycles. The molecule has 0 N–H and O–H groups in total. The molecule has 0 saturated heterocycles. The lowest BCUT2D eigenvalue weighted by atomic mass is 9.74. The first-order chi connectivity index (χ1) is 10.5. The number of methoxy groups -OCH3 is 2. The Balaban J connectivity index is 2.38. The Bertz CT molecular complexity index is 572. The number of hydrogen-bond acceptors (Lipinski definition) is 5. The molecular weight excluding hydrogens is 291 g/mol. The van der Waals surface area contributed by atoms with Crippen molar-refractivity contribution in [2.75, 3.05) is 20.8 Å². The maximum absolute atomic E-state index is 13.4. The molecular formula is C16H19FO5. The van der Waals surface area contributed by atoms with E-state index < -0.39 is 11.7 Å². The fraction of sp³-hybridized carbons (Fsp3) is 0.500. The third kappa shape index (κ3) is 3.21. The molecule has 0 aromatic heterocycles. The highest BCUT2D eigenvalue weighted by molar-refractivity contribution is 5.74. The largest absolute Gasteiger partial charge is 0.493 e. The summed E-state index contributed by atoms with van der Waals surface area (Å²) in [5.74, 6) is -1.77. The van der Waals surface area contributed by atoms with E-state index in [0.29, 0.717) is 11.3 Å². The maximum atomic E-state index is 13.4. The standard InChI is InChI=1S/C16H19FO5/c1-9(16(19)21-3)15-10(6-14(18)20-2)8-22-13-7-11(17)4-5-12(13)15/h4-5,7,9-10,15H,6,8H2,1-3H3. The first kappa shape index (κ1) is 16.3. The minimum atomic E-state index is -0.479. The highest BCUT2D eigenvalue weighted by atomic mass is 19.1. The van der Waals surface area contributed by atoms with Crippen LogP contribution in [0.25, 0.3) is 0 Å². The molecule has 1 aliphatic rings. The van der Waals surface area contributed by atoms with Gasteiger partial charge in [-0.05, 0) is 11.6 Å². The maximum Gasteiger partial charge on any atom is 0.309 e. The van der Waals surface area contributed by atoms with E-state index in [1.54, 1.807) is 13.0 Å². The van der Waals surface area contributed by atoms with Crippen LogP contribution in [0.3, 0.4) is 0 Å². The van der Waals surface area contributed by atoms with Crippen LogP contribution in [0.1, 0.15) is 24.8 Å². The average molecular weight is 310 g/mol. The van der Waals surface area contributed by atoms with Crippen molar-refractivity contribution in [3.05, 3.63) is 29.6 Å². The van der Waals surface area contributed by atoms with Crippen molar-refractivity contribution < 1.29 is 28.2 Å². The van der Waals surface area contributed by atoms with Gasteiger partial charge in [0.2, 0.25) is 0 Å². The van der Waals surface area contributed by atoms with Gasteiger partial charge in [0.1, 0.15) is 11.6 Å². The van der Waals surface area contributed by atoms with Gasteiger partial charge in [0.05, 0.1) is 33.2 Å². The van der Waals surface area contributed by atoms with Crippen molar-refractivity contribution >= 4 is 11.9 Å². The summed E-state index contributed by atoms with van der Waals surface area (Å²) in [7, 11) is 2.63. The van der Waals surface area contributed by atoms with E-state index in [0.717, 1.165) is 0 Å².